The van der Waals surface area contributed by atoms with E-state index in [1.54, 1.807) is 6.92 Å². The predicted octanol–water partition coefficient (Wildman–Crippen LogP) is 3.98. The molecule has 3 unspecified atom stereocenters. The first-order valence-electron chi connectivity index (χ1n) is 8.35. The molecular formula is C18H22F3NO2. The number of benzene rings is 1. The Morgan fingerprint density at radius 3 is 2.21 bits per heavy atom. The van der Waals surface area contributed by atoms with Crippen LogP contribution in [0.3, 0.4) is 0 Å². The van der Waals surface area contributed by atoms with Crippen LogP contribution in [0.15, 0.2) is 24.3 Å². The SMILES string of the molecule is CC(C(=O)OC1CC2CCC(C1)N2C)c1ccc(C(F)(F)F)cc1. The van der Waals surface area contributed by atoms with E-state index in [9.17, 15) is 18.0 Å². The van der Waals surface area contributed by atoms with E-state index in [0.29, 0.717) is 17.6 Å². The Balaban J connectivity index is 1.61. The molecule has 3 nitrogen and oxygen atoms in total. The Labute approximate surface area is 139 Å². The number of carbonyl (C=O) groups excluding carboxylic acids is 1. The molecule has 132 valence electrons. The number of hydrogen-bond donors (Lipinski definition) is 0. The van der Waals surface area contributed by atoms with Crippen molar-refractivity contribution in [3.05, 3.63) is 35.4 Å². The fourth-order valence-electron chi connectivity index (χ4n) is 3.82. The molecule has 2 bridgehead atoms. The van der Waals surface area contributed by atoms with Crippen LogP contribution in [0.4, 0.5) is 13.2 Å². The second-order valence-electron chi connectivity index (χ2n) is 6.92. The predicted molar refractivity (Wildman–Crippen MR) is 83.5 cm³/mol. The lowest BCUT2D eigenvalue weighted by Crippen LogP contribution is -2.43. The highest BCUT2D eigenvalue weighted by atomic mass is 19.4. The van der Waals surface area contributed by atoms with Crippen molar-refractivity contribution in [3.8, 4) is 0 Å². The van der Waals surface area contributed by atoms with Crippen LogP contribution < -0.4 is 0 Å². The van der Waals surface area contributed by atoms with Crippen LogP contribution in [0.2, 0.25) is 0 Å². The van der Waals surface area contributed by atoms with Crippen molar-refractivity contribution in [1.29, 1.82) is 0 Å². The van der Waals surface area contributed by atoms with E-state index in [2.05, 4.69) is 11.9 Å². The van der Waals surface area contributed by atoms with E-state index in [4.69, 9.17) is 4.74 Å². The van der Waals surface area contributed by atoms with Crippen molar-refractivity contribution in [2.75, 3.05) is 7.05 Å². The molecule has 6 heteroatoms. The topological polar surface area (TPSA) is 29.5 Å². The number of piperidine rings is 1. The molecule has 3 atom stereocenters. The number of fused-ring (bicyclic) bond motifs is 2. The summed E-state index contributed by atoms with van der Waals surface area (Å²) >= 11 is 0. The highest BCUT2D eigenvalue weighted by molar-refractivity contribution is 5.77. The second kappa shape index (κ2) is 6.39. The molecule has 2 aliphatic heterocycles. The van der Waals surface area contributed by atoms with Crippen LogP contribution in [-0.2, 0) is 15.7 Å². The Kier molecular flexibility index (Phi) is 4.60. The van der Waals surface area contributed by atoms with E-state index in [1.165, 1.54) is 12.1 Å². The summed E-state index contributed by atoms with van der Waals surface area (Å²) in [5.74, 6) is -0.923. The second-order valence-corrected chi connectivity index (χ2v) is 6.92. The molecular weight excluding hydrogens is 319 g/mol. The van der Waals surface area contributed by atoms with Gasteiger partial charge >= 0.3 is 12.1 Å². The molecule has 0 saturated carbocycles. The molecule has 24 heavy (non-hydrogen) atoms. The lowest BCUT2D eigenvalue weighted by Gasteiger charge is -2.36. The minimum Gasteiger partial charge on any atom is -0.462 e. The van der Waals surface area contributed by atoms with Crippen molar-refractivity contribution < 1.29 is 22.7 Å². The van der Waals surface area contributed by atoms with Gasteiger partial charge in [-0.25, -0.2) is 0 Å². The van der Waals surface area contributed by atoms with Gasteiger partial charge < -0.3 is 9.64 Å². The largest absolute Gasteiger partial charge is 0.462 e. The number of esters is 1. The molecule has 0 aliphatic carbocycles. The van der Waals surface area contributed by atoms with E-state index in [-0.39, 0.29) is 12.1 Å². The minimum atomic E-state index is -4.37. The van der Waals surface area contributed by atoms with E-state index < -0.39 is 17.7 Å². The number of ether oxygens (including phenoxy) is 1. The van der Waals surface area contributed by atoms with Crippen molar-refractivity contribution in [2.45, 2.75) is 62.9 Å². The summed E-state index contributed by atoms with van der Waals surface area (Å²) in [5.41, 5.74) is -0.164. The highest BCUT2D eigenvalue weighted by Gasteiger charge is 2.40. The van der Waals surface area contributed by atoms with Crippen LogP contribution in [0.5, 0.6) is 0 Å². The number of alkyl halides is 3. The van der Waals surface area contributed by atoms with Gasteiger partial charge in [-0.1, -0.05) is 12.1 Å². The Bertz CT molecular complexity index is 585. The fourth-order valence-corrected chi connectivity index (χ4v) is 3.82. The molecule has 0 N–H and O–H groups in total. The van der Waals surface area contributed by atoms with Crippen LogP contribution in [0, 0.1) is 0 Å². The van der Waals surface area contributed by atoms with Crippen molar-refractivity contribution in [1.82, 2.24) is 4.90 Å². The van der Waals surface area contributed by atoms with Crippen LogP contribution >= 0.6 is 0 Å². The first kappa shape index (κ1) is 17.3. The summed E-state index contributed by atoms with van der Waals surface area (Å²) in [6, 6.07) is 5.68. The van der Waals surface area contributed by atoms with E-state index in [1.807, 2.05) is 0 Å². The van der Waals surface area contributed by atoms with E-state index >= 15 is 0 Å². The fraction of sp³-hybridized carbons (Fsp3) is 0.611. The zero-order chi connectivity index (χ0) is 17.5. The lowest BCUT2D eigenvalue weighted by molar-refractivity contribution is -0.153. The molecule has 1 aromatic carbocycles. The summed E-state index contributed by atoms with van der Waals surface area (Å²) in [4.78, 5) is 14.7. The Hall–Kier alpha value is -1.56. The van der Waals surface area contributed by atoms with Crippen LogP contribution in [-0.4, -0.2) is 36.1 Å². The lowest BCUT2D eigenvalue weighted by atomic mass is 9.98. The molecule has 2 heterocycles. The number of rotatable bonds is 3. The van der Waals surface area contributed by atoms with Gasteiger partial charge in [0.2, 0.25) is 0 Å². The average Bonchev–Trinajstić information content (AvgIpc) is 2.74. The molecule has 0 aromatic heterocycles. The summed E-state index contributed by atoms with van der Waals surface area (Å²) in [6.45, 7) is 1.68. The highest BCUT2D eigenvalue weighted by Crippen LogP contribution is 2.36. The molecule has 1 aromatic rings. The van der Waals surface area contributed by atoms with Gasteiger partial charge in [0.1, 0.15) is 6.10 Å². The van der Waals surface area contributed by atoms with Gasteiger partial charge in [-0.05, 0) is 57.4 Å². The zero-order valence-electron chi connectivity index (χ0n) is 13.8. The smallest absolute Gasteiger partial charge is 0.416 e. The maximum absolute atomic E-state index is 12.6. The Morgan fingerprint density at radius 2 is 1.71 bits per heavy atom. The maximum atomic E-state index is 12.6. The average molecular weight is 341 g/mol. The molecule has 0 radical (unpaired) electrons. The van der Waals surface area contributed by atoms with Crippen molar-refractivity contribution in [3.63, 3.8) is 0 Å². The molecule has 2 saturated heterocycles. The van der Waals surface area contributed by atoms with Gasteiger partial charge in [0.15, 0.2) is 0 Å². The third-order valence-electron chi connectivity index (χ3n) is 5.43. The molecule has 2 fully saturated rings. The van der Waals surface area contributed by atoms with Crippen molar-refractivity contribution in [2.24, 2.45) is 0 Å². The van der Waals surface area contributed by atoms with Gasteiger partial charge in [0.25, 0.3) is 0 Å². The first-order valence-corrected chi connectivity index (χ1v) is 8.35. The maximum Gasteiger partial charge on any atom is 0.416 e. The number of halogens is 3. The summed E-state index contributed by atoms with van der Waals surface area (Å²) in [6.07, 6.45) is -0.469. The Morgan fingerprint density at radius 1 is 1.17 bits per heavy atom. The van der Waals surface area contributed by atoms with Crippen molar-refractivity contribution >= 4 is 5.97 Å². The minimum absolute atomic E-state index is 0.0805. The summed E-state index contributed by atoms with van der Waals surface area (Å²) < 4.78 is 43.5. The number of nitrogens with zero attached hydrogens (tertiary/aromatic N) is 1. The third kappa shape index (κ3) is 3.43. The van der Waals surface area contributed by atoms with Gasteiger partial charge in [-0.2, -0.15) is 13.2 Å². The third-order valence-corrected chi connectivity index (χ3v) is 5.43. The van der Waals surface area contributed by atoms with Crippen LogP contribution in [0.1, 0.15) is 49.7 Å². The normalized spacial score (nSPS) is 28.6. The molecule has 3 rings (SSSR count). The molecule has 0 spiro atoms. The number of carbonyl (C=O) groups is 1. The zero-order valence-corrected chi connectivity index (χ0v) is 13.8. The molecule has 0 amide bonds. The number of hydrogen-bond acceptors (Lipinski definition) is 3. The van der Waals surface area contributed by atoms with Gasteiger partial charge in [-0.3, -0.25) is 4.79 Å². The van der Waals surface area contributed by atoms with Gasteiger partial charge in [-0.15, -0.1) is 0 Å². The van der Waals surface area contributed by atoms with Gasteiger partial charge in [0.05, 0.1) is 11.5 Å². The van der Waals surface area contributed by atoms with Crippen LogP contribution in [0.25, 0.3) is 0 Å². The van der Waals surface area contributed by atoms with E-state index in [0.717, 1.165) is 37.8 Å². The quantitative estimate of drug-likeness (QED) is 0.779. The molecule has 2 aliphatic rings. The summed E-state index contributed by atoms with van der Waals surface area (Å²) in [5, 5.41) is 0. The first-order chi connectivity index (χ1) is 11.3. The van der Waals surface area contributed by atoms with Gasteiger partial charge in [0, 0.05) is 12.1 Å². The summed E-state index contributed by atoms with van der Waals surface area (Å²) in [7, 11) is 2.12. The standard InChI is InChI=1S/C18H22F3NO2/c1-11(12-3-5-13(6-4-12)18(19,20)21)17(23)24-16-9-14-7-8-15(10-16)22(14)2/h3-6,11,14-16H,7-10H2,1-2H3. The monoisotopic (exact) mass is 341 g/mol.